The summed E-state index contributed by atoms with van der Waals surface area (Å²) < 4.78 is 0. The lowest BCUT2D eigenvalue weighted by Crippen LogP contribution is -2.40. The van der Waals surface area contributed by atoms with Gasteiger partial charge in [0.05, 0.1) is 0 Å². The Morgan fingerprint density at radius 2 is 2.11 bits per heavy atom. The van der Waals surface area contributed by atoms with Crippen molar-refractivity contribution in [2.24, 2.45) is 5.92 Å². The minimum Gasteiger partial charge on any atom is -0.319 e. The van der Waals surface area contributed by atoms with Gasteiger partial charge in [0.25, 0.3) is 0 Å². The Bertz CT molecular complexity index is 398. The maximum atomic E-state index is 3.37. The zero-order valence-corrected chi connectivity index (χ0v) is 12.2. The number of rotatable bonds is 3. The number of piperidine rings is 1. The minimum atomic E-state index is 0.575. The van der Waals surface area contributed by atoms with E-state index >= 15 is 0 Å². The van der Waals surface area contributed by atoms with E-state index < -0.39 is 0 Å². The Labute approximate surface area is 111 Å². The molecule has 1 aromatic rings. The maximum Gasteiger partial charge on any atom is 0.0388 e. The molecular formula is C16H26N2. The third kappa shape index (κ3) is 2.60. The van der Waals surface area contributed by atoms with Crippen LogP contribution < -0.4 is 5.32 Å². The zero-order chi connectivity index (χ0) is 13.1. The van der Waals surface area contributed by atoms with Crippen molar-refractivity contribution in [1.82, 2.24) is 10.2 Å². The molecule has 0 aromatic heterocycles. The molecule has 0 saturated carbocycles. The van der Waals surface area contributed by atoms with Gasteiger partial charge < -0.3 is 5.32 Å². The van der Waals surface area contributed by atoms with Crippen molar-refractivity contribution >= 4 is 0 Å². The van der Waals surface area contributed by atoms with Gasteiger partial charge in [-0.3, -0.25) is 4.90 Å². The predicted octanol–water partition coefficient (Wildman–Crippen LogP) is 2.91. The molecule has 0 bridgehead atoms. The van der Waals surface area contributed by atoms with Gasteiger partial charge in [0.2, 0.25) is 0 Å². The number of hydrogen-bond donors (Lipinski definition) is 1. The van der Waals surface area contributed by atoms with Crippen LogP contribution in [0.5, 0.6) is 0 Å². The van der Waals surface area contributed by atoms with Crippen LogP contribution in [0.1, 0.15) is 35.6 Å². The summed E-state index contributed by atoms with van der Waals surface area (Å²) in [4.78, 5) is 2.54. The first-order valence-corrected chi connectivity index (χ1v) is 7.06. The Morgan fingerprint density at radius 1 is 1.33 bits per heavy atom. The van der Waals surface area contributed by atoms with Gasteiger partial charge in [0.15, 0.2) is 0 Å². The number of nitrogens with zero attached hydrogens (tertiary/aromatic N) is 1. The van der Waals surface area contributed by atoms with E-state index in [1.54, 1.807) is 0 Å². The number of likely N-dealkylation sites (tertiary alicyclic amines) is 1. The second-order valence-corrected chi connectivity index (χ2v) is 5.67. The molecule has 18 heavy (non-hydrogen) atoms. The first-order chi connectivity index (χ1) is 8.65. The molecule has 1 saturated heterocycles. The summed E-state index contributed by atoms with van der Waals surface area (Å²) in [7, 11) is 4.34. The summed E-state index contributed by atoms with van der Waals surface area (Å²) in [5.41, 5.74) is 4.41. The molecule has 1 aromatic carbocycles. The van der Waals surface area contributed by atoms with E-state index in [2.05, 4.69) is 56.4 Å². The first kappa shape index (κ1) is 13.6. The Kier molecular flexibility index (Phi) is 4.41. The van der Waals surface area contributed by atoms with E-state index in [4.69, 9.17) is 0 Å². The van der Waals surface area contributed by atoms with Crippen molar-refractivity contribution < 1.29 is 0 Å². The van der Waals surface area contributed by atoms with Crippen LogP contribution in [0.2, 0.25) is 0 Å². The summed E-state index contributed by atoms with van der Waals surface area (Å²) in [5.74, 6) is 0.731. The SMILES string of the molecule is CNCC1CCCN(C)C1c1cccc(C)c1C. The molecule has 0 aliphatic carbocycles. The zero-order valence-electron chi connectivity index (χ0n) is 12.2. The van der Waals surface area contributed by atoms with Crippen LogP contribution >= 0.6 is 0 Å². The summed E-state index contributed by atoms with van der Waals surface area (Å²) in [6, 6.07) is 7.31. The van der Waals surface area contributed by atoms with Crippen molar-refractivity contribution in [3.8, 4) is 0 Å². The second kappa shape index (κ2) is 5.85. The van der Waals surface area contributed by atoms with E-state index in [9.17, 15) is 0 Å². The van der Waals surface area contributed by atoms with Crippen molar-refractivity contribution in [3.05, 3.63) is 34.9 Å². The fourth-order valence-corrected chi connectivity index (χ4v) is 3.32. The normalized spacial score (nSPS) is 25.3. The summed E-state index contributed by atoms with van der Waals surface area (Å²) >= 11 is 0. The molecule has 0 radical (unpaired) electrons. The van der Waals surface area contributed by atoms with Gasteiger partial charge in [0.1, 0.15) is 0 Å². The van der Waals surface area contributed by atoms with Crippen LogP contribution in [0, 0.1) is 19.8 Å². The monoisotopic (exact) mass is 246 g/mol. The molecule has 2 atom stereocenters. The molecule has 2 nitrogen and oxygen atoms in total. The topological polar surface area (TPSA) is 15.3 Å². The number of aryl methyl sites for hydroxylation is 1. The number of nitrogens with one attached hydrogen (secondary N) is 1. The smallest absolute Gasteiger partial charge is 0.0388 e. The molecular weight excluding hydrogens is 220 g/mol. The third-order valence-electron chi connectivity index (χ3n) is 4.44. The molecule has 1 N–H and O–H groups in total. The van der Waals surface area contributed by atoms with Gasteiger partial charge in [-0.2, -0.15) is 0 Å². The lowest BCUT2D eigenvalue weighted by molar-refractivity contribution is 0.120. The van der Waals surface area contributed by atoms with E-state index in [1.807, 2.05) is 0 Å². The summed E-state index contributed by atoms with van der Waals surface area (Å²) in [6.45, 7) is 6.82. The van der Waals surface area contributed by atoms with Crippen LogP contribution in [-0.4, -0.2) is 32.1 Å². The Morgan fingerprint density at radius 3 is 2.83 bits per heavy atom. The Hall–Kier alpha value is -0.860. The van der Waals surface area contributed by atoms with Gasteiger partial charge in [0, 0.05) is 6.04 Å². The predicted molar refractivity (Wildman–Crippen MR) is 77.9 cm³/mol. The second-order valence-electron chi connectivity index (χ2n) is 5.67. The van der Waals surface area contributed by atoms with Crippen LogP contribution in [0.25, 0.3) is 0 Å². The van der Waals surface area contributed by atoms with Gasteiger partial charge >= 0.3 is 0 Å². The van der Waals surface area contributed by atoms with Gasteiger partial charge in [-0.05, 0) is 76.5 Å². The van der Waals surface area contributed by atoms with Crippen molar-refractivity contribution in [3.63, 3.8) is 0 Å². The highest BCUT2D eigenvalue weighted by Crippen LogP contribution is 2.36. The average molecular weight is 246 g/mol. The highest BCUT2D eigenvalue weighted by molar-refractivity contribution is 5.36. The summed E-state index contributed by atoms with van der Waals surface area (Å²) in [6.07, 6.45) is 2.66. The molecule has 1 heterocycles. The number of hydrogen-bond acceptors (Lipinski definition) is 2. The molecule has 2 unspecified atom stereocenters. The highest BCUT2D eigenvalue weighted by Gasteiger charge is 2.30. The number of benzene rings is 1. The minimum absolute atomic E-state index is 0.575. The Balaban J connectivity index is 2.34. The largest absolute Gasteiger partial charge is 0.319 e. The first-order valence-electron chi connectivity index (χ1n) is 7.06. The van der Waals surface area contributed by atoms with Gasteiger partial charge in [-0.25, -0.2) is 0 Å². The van der Waals surface area contributed by atoms with Crippen molar-refractivity contribution in [2.75, 3.05) is 27.2 Å². The lowest BCUT2D eigenvalue weighted by Gasteiger charge is -2.40. The third-order valence-corrected chi connectivity index (χ3v) is 4.44. The molecule has 2 rings (SSSR count). The molecule has 0 amide bonds. The quantitative estimate of drug-likeness (QED) is 0.882. The molecule has 1 aliphatic heterocycles. The lowest BCUT2D eigenvalue weighted by atomic mass is 9.82. The average Bonchev–Trinajstić information content (AvgIpc) is 2.34. The molecule has 2 heteroatoms. The molecule has 0 spiro atoms. The van der Waals surface area contributed by atoms with E-state index in [-0.39, 0.29) is 0 Å². The van der Waals surface area contributed by atoms with Gasteiger partial charge in [-0.1, -0.05) is 18.2 Å². The fraction of sp³-hybridized carbons (Fsp3) is 0.625. The van der Waals surface area contributed by atoms with Gasteiger partial charge in [-0.15, -0.1) is 0 Å². The molecule has 1 fully saturated rings. The van der Waals surface area contributed by atoms with E-state index in [1.165, 1.54) is 36.1 Å². The van der Waals surface area contributed by atoms with Crippen LogP contribution in [0.15, 0.2) is 18.2 Å². The molecule has 1 aliphatic rings. The van der Waals surface area contributed by atoms with Crippen molar-refractivity contribution in [2.45, 2.75) is 32.7 Å². The van der Waals surface area contributed by atoms with E-state index in [0.29, 0.717) is 6.04 Å². The maximum absolute atomic E-state index is 3.37. The van der Waals surface area contributed by atoms with Crippen LogP contribution in [0.3, 0.4) is 0 Å². The van der Waals surface area contributed by atoms with Crippen LogP contribution in [-0.2, 0) is 0 Å². The standard InChI is InChI=1S/C16H26N2/c1-12-7-5-9-15(13(12)2)16-14(11-17-3)8-6-10-18(16)4/h5,7,9,14,16-17H,6,8,10-11H2,1-4H3. The fourth-order valence-electron chi connectivity index (χ4n) is 3.32. The summed E-state index contributed by atoms with van der Waals surface area (Å²) in [5, 5.41) is 3.37. The van der Waals surface area contributed by atoms with Crippen LogP contribution in [0.4, 0.5) is 0 Å². The highest BCUT2D eigenvalue weighted by atomic mass is 15.1. The van der Waals surface area contributed by atoms with E-state index in [0.717, 1.165) is 12.5 Å². The molecule has 100 valence electrons. The van der Waals surface area contributed by atoms with Crippen molar-refractivity contribution in [1.29, 1.82) is 0 Å².